The van der Waals surface area contributed by atoms with Gasteiger partial charge >= 0.3 is 0 Å². The Morgan fingerprint density at radius 1 is 0.379 bits per heavy atom. The lowest BCUT2D eigenvalue weighted by atomic mass is 9.73. The lowest BCUT2D eigenvalue weighted by Crippen LogP contribution is -2.25. The first-order chi connectivity index (χ1) is 28.6. The van der Waals surface area contributed by atoms with Crippen LogP contribution in [0.2, 0.25) is 0 Å². The van der Waals surface area contributed by atoms with Crippen molar-refractivity contribution in [3.05, 3.63) is 217 Å². The fraction of sp³-hybridized carbons (Fsp3) is 0.0545. The molecule has 0 saturated heterocycles. The quantitative estimate of drug-likeness (QED) is 0.167. The minimum atomic E-state index is -0.191. The smallest absolute Gasteiger partial charge is 0.0541 e. The van der Waals surface area contributed by atoms with Crippen molar-refractivity contribution in [2.45, 2.75) is 18.8 Å². The molecule has 0 bridgehead atoms. The Balaban J connectivity index is 1.03. The largest absolute Gasteiger partial charge is 0.310 e. The zero-order valence-corrected chi connectivity index (χ0v) is 32.2. The maximum atomic E-state index is 2.48. The first-order valence-corrected chi connectivity index (χ1v) is 20.2. The average Bonchev–Trinajstić information content (AvgIpc) is 3.92. The van der Waals surface area contributed by atoms with Crippen molar-refractivity contribution in [1.29, 1.82) is 0 Å². The van der Waals surface area contributed by atoms with Crippen LogP contribution >= 0.6 is 0 Å². The number of benzene rings is 8. The van der Waals surface area contributed by atoms with Crippen molar-refractivity contribution in [3.63, 3.8) is 0 Å². The topological polar surface area (TPSA) is 14.8 Å². The number of aromatic nitrogens is 3. The number of nitrogens with zero attached hydrogens (tertiary/aromatic N) is 3. The fourth-order valence-electron chi connectivity index (χ4n) is 9.85. The normalized spacial score (nSPS) is 15.3. The van der Waals surface area contributed by atoms with Gasteiger partial charge in [-0.15, -0.1) is 0 Å². The second kappa shape index (κ2) is 12.6. The van der Waals surface area contributed by atoms with Gasteiger partial charge in [0.25, 0.3) is 0 Å². The van der Waals surface area contributed by atoms with Crippen LogP contribution in [0.15, 0.2) is 200 Å². The molecule has 0 aliphatic heterocycles. The summed E-state index contributed by atoms with van der Waals surface area (Å²) in [6.45, 7) is 2.41. The van der Waals surface area contributed by atoms with Crippen molar-refractivity contribution >= 4 is 60.6 Å². The van der Waals surface area contributed by atoms with Gasteiger partial charge in [0, 0.05) is 55.1 Å². The van der Waals surface area contributed by atoms with Crippen LogP contribution in [-0.4, -0.2) is 13.7 Å². The highest BCUT2D eigenvalue weighted by molar-refractivity contribution is 6.13. The van der Waals surface area contributed by atoms with E-state index in [0.717, 1.165) is 6.42 Å². The van der Waals surface area contributed by atoms with Gasteiger partial charge in [-0.1, -0.05) is 122 Å². The van der Waals surface area contributed by atoms with Crippen molar-refractivity contribution in [2.75, 3.05) is 0 Å². The molecular weight excluding hydrogens is 703 g/mol. The Labute approximate surface area is 337 Å². The van der Waals surface area contributed by atoms with Crippen LogP contribution in [0.3, 0.4) is 0 Å². The predicted octanol–water partition coefficient (Wildman–Crippen LogP) is 14.0. The second-order valence-corrected chi connectivity index (χ2v) is 16.0. The number of allylic oxidation sites excluding steroid dienone is 1. The first-order valence-electron chi connectivity index (χ1n) is 20.2. The van der Waals surface area contributed by atoms with Crippen LogP contribution in [0.5, 0.6) is 0 Å². The van der Waals surface area contributed by atoms with E-state index in [4.69, 9.17) is 0 Å². The van der Waals surface area contributed by atoms with E-state index in [1.165, 1.54) is 99.5 Å². The molecule has 8 aromatic carbocycles. The molecule has 0 amide bonds. The van der Waals surface area contributed by atoms with Gasteiger partial charge in [0.1, 0.15) is 0 Å². The monoisotopic (exact) mass is 741 g/mol. The number of fused-ring (bicyclic) bond motifs is 9. The lowest BCUT2D eigenvalue weighted by molar-refractivity contribution is 0.589. The summed E-state index contributed by atoms with van der Waals surface area (Å²) in [5.74, 6) is 0. The van der Waals surface area contributed by atoms with Gasteiger partial charge in [0.15, 0.2) is 0 Å². The summed E-state index contributed by atoms with van der Waals surface area (Å²) in [6.07, 6.45) is 5.73. The van der Waals surface area contributed by atoms with Crippen LogP contribution in [0.25, 0.3) is 88.8 Å². The van der Waals surface area contributed by atoms with Crippen molar-refractivity contribution < 1.29 is 0 Å². The molecule has 3 aromatic heterocycles. The van der Waals surface area contributed by atoms with E-state index in [0.29, 0.717) is 0 Å². The first kappa shape index (κ1) is 32.8. The summed E-state index contributed by atoms with van der Waals surface area (Å²) in [5, 5.41) is 6.38. The van der Waals surface area contributed by atoms with Crippen molar-refractivity contribution in [2.24, 2.45) is 0 Å². The third-order valence-electron chi connectivity index (χ3n) is 12.6. The second-order valence-electron chi connectivity index (χ2n) is 16.0. The van der Waals surface area contributed by atoms with E-state index >= 15 is 0 Å². The molecule has 0 N–H and O–H groups in total. The van der Waals surface area contributed by atoms with E-state index in [9.17, 15) is 0 Å². The average molecular weight is 742 g/mol. The van der Waals surface area contributed by atoms with Gasteiger partial charge in [-0.3, -0.25) is 0 Å². The van der Waals surface area contributed by atoms with E-state index in [2.05, 4.69) is 227 Å². The van der Waals surface area contributed by atoms with Crippen molar-refractivity contribution in [1.82, 2.24) is 13.7 Å². The lowest BCUT2D eigenvalue weighted by Gasteiger charge is -2.30. The highest BCUT2D eigenvalue weighted by atomic mass is 15.0. The molecule has 3 nitrogen and oxygen atoms in total. The SMILES string of the molecule is CC1(c2ccc3c(c2)c2cc(-c4ccc5c(c4)c4ccccc4n5-c4ccccc4)ccc2n3-c2ccccc2)C=Cc2c(c3ccccc3n2-c2ccccc2)C1. The number of para-hydroxylation sites is 5. The molecule has 58 heavy (non-hydrogen) atoms. The zero-order chi connectivity index (χ0) is 38.4. The Morgan fingerprint density at radius 2 is 0.810 bits per heavy atom. The molecule has 11 aromatic rings. The Kier molecular flexibility index (Phi) is 7.12. The molecule has 0 saturated carbocycles. The minimum absolute atomic E-state index is 0.191. The van der Waals surface area contributed by atoms with E-state index < -0.39 is 0 Å². The molecule has 1 atom stereocenters. The zero-order valence-electron chi connectivity index (χ0n) is 32.2. The van der Waals surface area contributed by atoms with E-state index in [1.54, 1.807) is 0 Å². The molecule has 1 aliphatic carbocycles. The standard InChI is InChI=1S/C55H39N3/c1-55(32-31-54-48(36-55)44-22-12-14-24-50(44)57(54)41-17-7-3-8-18-41)39-27-30-53-47(35-39)46-34-38(26-29-52(46)58(53)42-19-9-4-10-20-42)37-25-28-51-45(33-37)43-21-11-13-23-49(43)56(51)40-15-5-2-6-16-40/h2-35H,36H2,1H3. The summed E-state index contributed by atoms with van der Waals surface area (Å²) in [5.41, 5.74) is 15.9. The Morgan fingerprint density at radius 3 is 1.40 bits per heavy atom. The molecular formula is C55H39N3. The van der Waals surface area contributed by atoms with E-state index in [1.807, 2.05) is 0 Å². The van der Waals surface area contributed by atoms with Gasteiger partial charge < -0.3 is 13.7 Å². The van der Waals surface area contributed by atoms with Gasteiger partial charge in [0.05, 0.1) is 27.6 Å². The summed E-state index contributed by atoms with van der Waals surface area (Å²) in [7, 11) is 0. The molecule has 0 spiro atoms. The highest BCUT2D eigenvalue weighted by Crippen LogP contribution is 2.44. The number of rotatable bonds is 5. The molecule has 1 unspecified atom stereocenters. The fourth-order valence-corrected chi connectivity index (χ4v) is 9.85. The van der Waals surface area contributed by atoms with Gasteiger partial charge in [-0.05, 0) is 120 Å². The summed E-state index contributed by atoms with van der Waals surface area (Å²) in [4.78, 5) is 0. The van der Waals surface area contributed by atoms with E-state index in [-0.39, 0.29) is 5.41 Å². The highest BCUT2D eigenvalue weighted by Gasteiger charge is 2.32. The van der Waals surface area contributed by atoms with Gasteiger partial charge in [-0.2, -0.15) is 0 Å². The number of hydrogen-bond donors (Lipinski definition) is 0. The third kappa shape index (κ3) is 4.86. The predicted molar refractivity (Wildman–Crippen MR) is 244 cm³/mol. The van der Waals surface area contributed by atoms with Crippen LogP contribution in [-0.2, 0) is 11.8 Å². The molecule has 0 fully saturated rings. The van der Waals surface area contributed by atoms with Gasteiger partial charge in [-0.25, -0.2) is 0 Å². The van der Waals surface area contributed by atoms with Crippen LogP contribution in [0.4, 0.5) is 0 Å². The van der Waals surface area contributed by atoms with Crippen molar-refractivity contribution in [3.8, 4) is 28.2 Å². The Bertz CT molecular complexity index is 3420. The van der Waals surface area contributed by atoms with Crippen LogP contribution < -0.4 is 0 Å². The van der Waals surface area contributed by atoms with Gasteiger partial charge in [0.2, 0.25) is 0 Å². The molecule has 0 radical (unpaired) electrons. The maximum absolute atomic E-state index is 2.48. The maximum Gasteiger partial charge on any atom is 0.0541 e. The van der Waals surface area contributed by atoms with Crippen LogP contribution in [0.1, 0.15) is 23.7 Å². The number of hydrogen-bond acceptors (Lipinski definition) is 0. The third-order valence-corrected chi connectivity index (χ3v) is 12.6. The molecule has 3 heterocycles. The molecule has 1 aliphatic rings. The molecule has 3 heteroatoms. The Hall–Kier alpha value is -7.36. The van der Waals surface area contributed by atoms with Crippen LogP contribution in [0, 0.1) is 0 Å². The summed E-state index contributed by atoms with van der Waals surface area (Å²) >= 11 is 0. The summed E-state index contributed by atoms with van der Waals surface area (Å²) < 4.78 is 7.24. The minimum Gasteiger partial charge on any atom is -0.310 e. The molecule has 274 valence electrons. The molecule has 12 rings (SSSR count). The summed E-state index contributed by atoms with van der Waals surface area (Å²) in [6, 6.07) is 71.1.